The number of fused-ring (bicyclic) bond motifs is 1. The van der Waals surface area contributed by atoms with Crippen molar-refractivity contribution in [3.05, 3.63) is 71.4 Å². The van der Waals surface area contributed by atoms with Gasteiger partial charge in [-0.2, -0.15) is 0 Å². The summed E-state index contributed by atoms with van der Waals surface area (Å²) in [6.07, 6.45) is 4.22. The van der Waals surface area contributed by atoms with Crippen molar-refractivity contribution in [2.45, 2.75) is 19.8 Å². The van der Waals surface area contributed by atoms with Gasteiger partial charge in [0.2, 0.25) is 0 Å². The average molecular weight is 235 g/mol. The summed E-state index contributed by atoms with van der Waals surface area (Å²) in [6.45, 7) is 2.19. The molecule has 0 spiro atoms. The van der Waals surface area contributed by atoms with Gasteiger partial charge in [-0.25, -0.2) is 0 Å². The maximum Gasteiger partial charge on any atom is 0.0456 e. The minimum absolute atomic E-state index is 0.994. The van der Waals surface area contributed by atoms with Gasteiger partial charge in [0.1, 0.15) is 0 Å². The summed E-state index contributed by atoms with van der Waals surface area (Å²) in [4.78, 5) is 3.33. The molecule has 0 atom stereocenters. The number of rotatable bonds is 3. The predicted octanol–water partition coefficient (Wildman–Crippen LogP) is 4.32. The van der Waals surface area contributed by atoms with Crippen LogP contribution in [-0.4, -0.2) is 4.98 Å². The minimum Gasteiger partial charge on any atom is -0.361 e. The van der Waals surface area contributed by atoms with Gasteiger partial charge in [0, 0.05) is 17.1 Å². The van der Waals surface area contributed by atoms with E-state index in [2.05, 4.69) is 66.6 Å². The molecular weight excluding hydrogens is 218 g/mol. The molecule has 1 aromatic heterocycles. The Morgan fingerprint density at radius 1 is 0.889 bits per heavy atom. The zero-order valence-electron chi connectivity index (χ0n) is 10.6. The average Bonchev–Trinajstić information content (AvgIpc) is 2.83. The van der Waals surface area contributed by atoms with Gasteiger partial charge >= 0.3 is 0 Å². The van der Waals surface area contributed by atoms with Gasteiger partial charge in [-0.1, -0.05) is 49.4 Å². The number of nitrogens with one attached hydrogen (secondary N) is 1. The second-order valence-corrected chi connectivity index (χ2v) is 4.71. The fourth-order valence-corrected chi connectivity index (χ4v) is 2.39. The molecule has 0 unspecified atom stereocenters. The number of H-pyrrole nitrogens is 1. The summed E-state index contributed by atoms with van der Waals surface area (Å²) in [5.74, 6) is 0. The van der Waals surface area contributed by atoms with E-state index < -0.39 is 0 Å². The highest BCUT2D eigenvalue weighted by Gasteiger charge is 2.03. The molecule has 1 heteroatoms. The largest absolute Gasteiger partial charge is 0.361 e. The number of para-hydroxylation sites is 1. The van der Waals surface area contributed by atoms with Crippen molar-refractivity contribution in [1.29, 1.82) is 0 Å². The van der Waals surface area contributed by atoms with E-state index in [1.807, 2.05) is 0 Å². The smallest absolute Gasteiger partial charge is 0.0456 e. The molecule has 0 aliphatic heterocycles. The van der Waals surface area contributed by atoms with Crippen LogP contribution in [0.1, 0.15) is 23.6 Å². The van der Waals surface area contributed by atoms with Gasteiger partial charge in [-0.3, -0.25) is 0 Å². The molecule has 90 valence electrons. The van der Waals surface area contributed by atoms with Crippen LogP contribution in [-0.2, 0) is 12.8 Å². The van der Waals surface area contributed by atoms with Crippen molar-refractivity contribution in [1.82, 2.24) is 4.98 Å². The standard InChI is InChI=1S/C17H17N/c1-2-13-7-9-14(10-8-13)11-15-12-18-17-6-4-3-5-16(15)17/h3-10,12,18H,2,11H2,1H3. The highest BCUT2D eigenvalue weighted by atomic mass is 14.7. The van der Waals surface area contributed by atoms with Crippen molar-refractivity contribution in [2.75, 3.05) is 0 Å². The highest BCUT2D eigenvalue weighted by Crippen LogP contribution is 2.20. The summed E-state index contributed by atoms with van der Waals surface area (Å²) >= 11 is 0. The molecule has 1 nitrogen and oxygen atoms in total. The first-order valence-electron chi connectivity index (χ1n) is 6.49. The van der Waals surface area contributed by atoms with Crippen molar-refractivity contribution in [2.24, 2.45) is 0 Å². The number of aromatic amines is 1. The number of aromatic nitrogens is 1. The van der Waals surface area contributed by atoms with E-state index >= 15 is 0 Å². The van der Waals surface area contributed by atoms with Crippen LogP contribution in [0.15, 0.2) is 54.7 Å². The quantitative estimate of drug-likeness (QED) is 0.696. The van der Waals surface area contributed by atoms with Crippen LogP contribution in [0.3, 0.4) is 0 Å². The molecule has 3 aromatic rings. The van der Waals surface area contributed by atoms with E-state index in [1.54, 1.807) is 0 Å². The second kappa shape index (κ2) is 4.69. The Labute approximate surface area is 107 Å². The third kappa shape index (κ3) is 2.04. The van der Waals surface area contributed by atoms with Gasteiger partial charge in [0.25, 0.3) is 0 Å². The molecule has 2 aromatic carbocycles. The fourth-order valence-electron chi connectivity index (χ4n) is 2.39. The zero-order valence-corrected chi connectivity index (χ0v) is 10.6. The Morgan fingerprint density at radius 2 is 1.61 bits per heavy atom. The predicted molar refractivity (Wildman–Crippen MR) is 76.9 cm³/mol. The van der Waals surface area contributed by atoms with E-state index in [0.29, 0.717) is 0 Å². The zero-order chi connectivity index (χ0) is 12.4. The summed E-state index contributed by atoms with van der Waals surface area (Å²) in [5.41, 5.74) is 5.36. The van der Waals surface area contributed by atoms with Gasteiger partial charge < -0.3 is 4.98 Å². The van der Waals surface area contributed by atoms with Crippen molar-refractivity contribution in [3.63, 3.8) is 0 Å². The third-order valence-corrected chi connectivity index (χ3v) is 3.50. The van der Waals surface area contributed by atoms with E-state index in [1.165, 1.54) is 27.6 Å². The first kappa shape index (κ1) is 11.1. The first-order valence-corrected chi connectivity index (χ1v) is 6.49. The highest BCUT2D eigenvalue weighted by molar-refractivity contribution is 5.83. The molecule has 0 aliphatic carbocycles. The second-order valence-electron chi connectivity index (χ2n) is 4.71. The monoisotopic (exact) mass is 235 g/mol. The summed E-state index contributed by atoms with van der Waals surface area (Å²) < 4.78 is 0. The molecule has 0 saturated heterocycles. The van der Waals surface area contributed by atoms with Gasteiger partial charge in [-0.05, 0) is 35.6 Å². The van der Waals surface area contributed by atoms with E-state index in [9.17, 15) is 0 Å². The topological polar surface area (TPSA) is 15.8 Å². The van der Waals surface area contributed by atoms with Crippen LogP contribution < -0.4 is 0 Å². The number of hydrogen-bond donors (Lipinski definition) is 1. The molecule has 0 radical (unpaired) electrons. The Hall–Kier alpha value is -2.02. The van der Waals surface area contributed by atoms with Gasteiger partial charge in [0.15, 0.2) is 0 Å². The summed E-state index contributed by atoms with van der Waals surface area (Å²) in [6, 6.07) is 17.4. The molecule has 0 bridgehead atoms. The van der Waals surface area contributed by atoms with Crippen LogP contribution in [0.5, 0.6) is 0 Å². The molecule has 1 N–H and O–H groups in total. The van der Waals surface area contributed by atoms with Crippen LogP contribution >= 0.6 is 0 Å². The summed E-state index contributed by atoms with van der Waals surface area (Å²) in [7, 11) is 0. The van der Waals surface area contributed by atoms with Gasteiger partial charge in [-0.15, -0.1) is 0 Å². The molecule has 0 saturated carbocycles. The van der Waals surface area contributed by atoms with Crippen LogP contribution in [0.2, 0.25) is 0 Å². The van der Waals surface area contributed by atoms with E-state index in [4.69, 9.17) is 0 Å². The normalized spacial score (nSPS) is 10.9. The number of benzene rings is 2. The lowest BCUT2D eigenvalue weighted by Gasteiger charge is -2.02. The van der Waals surface area contributed by atoms with Crippen LogP contribution in [0.25, 0.3) is 10.9 Å². The van der Waals surface area contributed by atoms with E-state index in [-0.39, 0.29) is 0 Å². The lowest BCUT2D eigenvalue weighted by atomic mass is 10.0. The molecule has 3 rings (SSSR count). The maximum absolute atomic E-state index is 3.33. The lowest BCUT2D eigenvalue weighted by Crippen LogP contribution is -1.87. The molecule has 1 heterocycles. The van der Waals surface area contributed by atoms with Crippen molar-refractivity contribution >= 4 is 10.9 Å². The van der Waals surface area contributed by atoms with Crippen molar-refractivity contribution in [3.8, 4) is 0 Å². The van der Waals surface area contributed by atoms with Crippen LogP contribution in [0.4, 0.5) is 0 Å². The fraction of sp³-hybridized carbons (Fsp3) is 0.176. The molecule has 18 heavy (non-hydrogen) atoms. The Bertz CT molecular complexity index is 647. The molecule has 0 fully saturated rings. The maximum atomic E-state index is 3.33. The van der Waals surface area contributed by atoms with E-state index in [0.717, 1.165) is 12.8 Å². The Balaban J connectivity index is 1.91. The van der Waals surface area contributed by atoms with Gasteiger partial charge in [0.05, 0.1) is 0 Å². The SMILES string of the molecule is CCc1ccc(Cc2c[nH]c3ccccc23)cc1. The minimum atomic E-state index is 0.994. The molecule has 0 aliphatic rings. The molecule has 0 amide bonds. The lowest BCUT2D eigenvalue weighted by molar-refractivity contribution is 1.12. The number of hydrogen-bond acceptors (Lipinski definition) is 0. The number of aryl methyl sites for hydroxylation is 1. The Kier molecular flexibility index (Phi) is 2.89. The van der Waals surface area contributed by atoms with Crippen LogP contribution in [0, 0.1) is 0 Å². The van der Waals surface area contributed by atoms with Crippen molar-refractivity contribution < 1.29 is 0 Å². The molecular formula is C17H17N. The Morgan fingerprint density at radius 3 is 2.39 bits per heavy atom. The summed E-state index contributed by atoms with van der Waals surface area (Å²) in [5, 5.41) is 1.33. The third-order valence-electron chi connectivity index (χ3n) is 3.50. The first-order chi connectivity index (χ1) is 8.86.